The van der Waals surface area contributed by atoms with Crippen LogP contribution in [0.4, 0.5) is 11.4 Å². The van der Waals surface area contributed by atoms with Crippen LogP contribution in [0.25, 0.3) is 6.08 Å². The summed E-state index contributed by atoms with van der Waals surface area (Å²) in [7, 11) is 0. The molecule has 1 saturated heterocycles. The first kappa shape index (κ1) is 16.7. The molecule has 9 heteroatoms. The summed E-state index contributed by atoms with van der Waals surface area (Å²) in [5.74, 6) is -1.92. The van der Waals surface area contributed by atoms with E-state index in [1.165, 1.54) is 6.07 Å². The van der Waals surface area contributed by atoms with E-state index in [1.54, 1.807) is 30.3 Å². The van der Waals surface area contributed by atoms with Gasteiger partial charge in [-0.05, 0) is 24.3 Å². The summed E-state index contributed by atoms with van der Waals surface area (Å²) in [4.78, 5) is 34.8. The number of rotatable bonds is 3. The van der Waals surface area contributed by atoms with E-state index in [4.69, 9.17) is 0 Å². The minimum absolute atomic E-state index is 0.0190. The van der Waals surface area contributed by atoms with Crippen LogP contribution in [0.15, 0.2) is 52.5 Å². The van der Waals surface area contributed by atoms with Gasteiger partial charge in [-0.3, -0.25) is 25.1 Å². The summed E-state index contributed by atoms with van der Waals surface area (Å²) in [5, 5.41) is 22.1. The van der Waals surface area contributed by atoms with Crippen LogP contribution in [0.3, 0.4) is 0 Å². The smallest absolute Gasteiger partial charge is 0.312 e. The first-order valence-corrected chi connectivity index (χ1v) is 7.77. The fraction of sp³-hybridized carbons (Fsp3) is 0. The van der Waals surface area contributed by atoms with Gasteiger partial charge < -0.3 is 5.11 Å². The highest BCUT2D eigenvalue weighted by Gasteiger charge is 2.35. The van der Waals surface area contributed by atoms with Crippen molar-refractivity contribution < 1.29 is 19.6 Å². The van der Waals surface area contributed by atoms with Crippen LogP contribution in [0, 0.1) is 10.1 Å². The van der Waals surface area contributed by atoms with Crippen molar-refractivity contribution in [2.75, 3.05) is 5.01 Å². The van der Waals surface area contributed by atoms with Gasteiger partial charge in [-0.15, -0.1) is 0 Å². The lowest BCUT2D eigenvalue weighted by atomic mass is 10.1. The van der Waals surface area contributed by atoms with Crippen LogP contribution in [0.2, 0.25) is 0 Å². The lowest BCUT2D eigenvalue weighted by molar-refractivity contribution is -0.385. The number of amides is 2. The molecule has 8 nitrogen and oxygen atoms in total. The quantitative estimate of drug-likeness (QED) is 0.353. The Hall–Kier alpha value is -3.20. The molecule has 2 amide bonds. The molecule has 1 aliphatic rings. The van der Waals surface area contributed by atoms with Gasteiger partial charge in [-0.1, -0.05) is 34.1 Å². The highest BCUT2D eigenvalue weighted by atomic mass is 79.9. The molecule has 2 N–H and O–H groups in total. The van der Waals surface area contributed by atoms with Gasteiger partial charge in [0.05, 0.1) is 10.6 Å². The SMILES string of the molecule is O=C1NN(c2ccccc2)C(=O)/C1=C\c1cc(Br)cc([N+](=O)[O-])c1O. The van der Waals surface area contributed by atoms with Gasteiger partial charge in [-0.25, -0.2) is 5.01 Å². The summed E-state index contributed by atoms with van der Waals surface area (Å²) >= 11 is 3.10. The molecular formula is C16H10BrN3O5. The number of phenolic OH excluding ortho intramolecular Hbond substituents is 1. The van der Waals surface area contributed by atoms with E-state index >= 15 is 0 Å². The minimum atomic E-state index is -0.755. The zero-order chi connectivity index (χ0) is 18.1. The van der Waals surface area contributed by atoms with Crippen LogP contribution in [-0.2, 0) is 9.59 Å². The molecule has 126 valence electrons. The largest absolute Gasteiger partial charge is 0.502 e. The lowest BCUT2D eigenvalue weighted by Gasteiger charge is -2.13. The number of anilines is 1. The number of nitro groups is 1. The fourth-order valence-corrected chi connectivity index (χ4v) is 2.79. The number of nitrogens with one attached hydrogen (secondary N) is 1. The van der Waals surface area contributed by atoms with Crippen molar-refractivity contribution >= 4 is 45.2 Å². The van der Waals surface area contributed by atoms with Crippen LogP contribution >= 0.6 is 15.9 Å². The topological polar surface area (TPSA) is 113 Å². The first-order valence-electron chi connectivity index (χ1n) is 6.97. The number of benzene rings is 2. The number of hydrogen-bond acceptors (Lipinski definition) is 5. The standard InChI is InChI=1S/C16H10BrN3O5/c17-10-6-9(14(21)13(8-10)20(24)25)7-12-15(22)18-19(16(12)23)11-4-2-1-3-5-11/h1-8,21H,(H,18,22)/b12-7-. The molecule has 1 aliphatic heterocycles. The van der Waals surface area contributed by atoms with Crippen LogP contribution < -0.4 is 10.4 Å². The van der Waals surface area contributed by atoms with Gasteiger partial charge >= 0.3 is 5.69 Å². The molecule has 2 aromatic carbocycles. The molecule has 3 rings (SSSR count). The van der Waals surface area contributed by atoms with Gasteiger partial charge in [0.25, 0.3) is 11.8 Å². The maximum Gasteiger partial charge on any atom is 0.312 e. The number of nitrogens with zero attached hydrogens (tertiary/aromatic N) is 2. The second-order valence-electron chi connectivity index (χ2n) is 5.09. The molecule has 0 bridgehead atoms. The average molecular weight is 404 g/mol. The third kappa shape index (κ3) is 3.09. The highest BCUT2D eigenvalue weighted by molar-refractivity contribution is 9.10. The highest BCUT2D eigenvalue weighted by Crippen LogP contribution is 2.35. The second-order valence-corrected chi connectivity index (χ2v) is 6.01. The summed E-state index contributed by atoms with van der Waals surface area (Å²) in [6.07, 6.45) is 1.12. The molecule has 0 saturated carbocycles. The Bertz CT molecular complexity index is 927. The summed E-state index contributed by atoms with van der Waals surface area (Å²) in [6.45, 7) is 0. The van der Waals surface area contributed by atoms with E-state index < -0.39 is 28.2 Å². The molecular weight excluding hydrogens is 394 g/mol. The average Bonchev–Trinajstić information content (AvgIpc) is 2.86. The third-order valence-electron chi connectivity index (χ3n) is 3.49. The van der Waals surface area contributed by atoms with Crippen LogP contribution in [0.1, 0.15) is 5.56 Å². The van der Waals surface area contributed by atoms with Crippen LogP contribution in [-0.4, -0.2) is 21.8 Å². The number of carbonyl (C=O) groups is 2. The van der Waals surface area contributed by atoms with E-state index in [0.29, 0.717) is 10.2 Å². The summed E-state index contributed by atoms with van der Waals surface area (Å²) < 4.78 is 0.328. The Morgan fingerprint density at radius 2 is 1.88 bits per heavy atom. The minimum Gasteiger partial charge on any atom is -0.502 e. The number of carbonyl (C=O) groups excluding carboxylic acids is 2. The van der Waals surface area contributed by atoms with Crippen molar-refractivity contribution in [3.05, 3.63) is 68.2 Å². The Morgan fingerprint density at radius 1 is 1.20 bits per heavy atom. The van der Waals surface area contributed by atoms with Gasteiger partial charge in [0.2, 0.25) is 5.75 Å². The molecule has 0 spiro atoms. The molecule has 0 atom stereocenters. The van der Waals surface area contributed by atoms with Crippen LogP contribution in [0.5, 0.6) is 5.75 Å². The molecule has 0 aliphatic carbocycles. The predicted octanol–water partition coefficient (Wildman–Crippen LogP) is 2.52. The van der Waals surface area contributed by atoms with E-state index in [0.717, 1.165) is 17.2 Å². The molecule has 1 heterocycles. The zero-order valence-corrected chi connectivity index (χ0v) is 14.1. The number of para-hydroxylation sites is 1. The number of aromatic hydroxyl groups is 1. The third-order valence-corrected chi connectivity index (χ3v) is 3.94. The number of hydrazine groups is 1. The van der Waals surface area contributed by atoms with Gasteiger partial charge in [0.15, 0.2) is 0 Å². The molecule has 0 aromatic heterocycles. The van der Waals surface area contributed by atoms with Crippen molar-refractivity contribution in [3.8, 4) is 5.75 Å². The lowest BCUT2D eigenvalue weighted by Crippen LogP contribution is -2.35. The predicted molar refractivity (Wildman–Crippen MR) is 92.5 cm³/mol. The van der Waals surface area contributed by atoms with Crippen molar-refractivity contribution in [1.29, 1.82) is 0 Å². The fourth-order valence-electron chi connectivity index (χ4n) is 2.33. The van der Waals surface area contributed by atoms with Gasteiger partial charge in [0, 0.05) is 16.1 Å². The van der Waals surface area contributed by atoms with Crippen molar-refractivity contribution in [1.82, 2.24) is 5.43 Å². The molecule has 0 unspecified atom stereocenters. The number of hydrogen-bond donors (Lipinski definition) is 2. The van der Waals surface area contributed by atoms with E-state index in [-0.39, 0.29) is 11.1 Å². The molecule has 0 radical (unpaired) electrons. The van der Waals surface area contributed by atoms with Gasteiger partial charge in [-0.2, -0.15) is 0 Å². The molecule has 2 aromatic rings. The van der Waals surface area contributed by atoms with Crippen molar-refractivity contribution in [2.24, 2.45) is 0 Å². The van der Waals surface area contributed by atoms with Crippen molar-refractivity contribution in [3.63, 3.8) is 0 Å². The zero-order valence-electron chi connectivity index (χ0n) is 12.5. The summed E-state index contributed by atoms with van der Waals surface area (Å²) in [6, 6.07) is 11.0. The van der Waals surface area contributed by atoms with Crippen molar-refractivity contribution in [2.45, 2.75) is 0 Å². The maximum atomic E-state index is 12.5. The number of halogens is 1. The number of phenols is 1. The first-order chi connectivity index (χ1) is 11.9. The van der Waals surface area contributed by atoms with E-state index in [9.17, 15) is 24.8 Å². The van der Waals surface area contributed by atoms with E-state index in [2.05, 4.69) is 21.4 Å². The monoisotopic (exact) mass is 403 g/mol. The Labute approximate surface area is 149 Å². The second kappa shape index (κ2) is 6.36. The Morgan fingerprint density at radius 3 is 2.52 bits per heavy atom. The maximum absolute atomic E-state index is 12.5. The normalized spacial score (nSPS) is 15.6. The van der Waals surface area contributed by atoms with E-state index in [1.807, 2.05) is 0 Å². The molecule has 1 fully saturated rings. The Kier molecular flexibility index (Phi) is 4.24. The van der Waals surface area contributed by atoms with Gasteiger partial charge in [0.1, 0.15) is 5.57 Å². The molecule has 25 heavy (non-hydrogen) atoms. The number of nitro benzene ring substituents is 1. The Balaban J connectivity index is 2.04. The summed E-state index contributed by atoms with van der Waals surface area (Å²) in [5.41, 5.74) is 2.08.